The van der Waals surface area contributed by atoms with Crippen LogP contribution in [-0.4, -0.2) is 68.5 Å². The van der Waals surface area contributed by atoms with E-state index in [1.165, 1.54) is 5.56 Å². The van der Waals surface area contributed by atoms with Gasteiger partial charge in [0.15, 0.2) is 12.3 Å². The molecular formula is C22H28N4O6. The summed E-state index contributed by atoms with van der Waals surface area (Å²) in [6.07, 6.45) is -2.52. The average molecular weight is 444 g/mol. The highest BCUT2D eigenvalue weighted by atomic mass is 16.6. The molecule has 2 fully saturated rings. The van der Waals surface area contributed by atoms with Crippen molar-refractivity contribution in [1.29, 1.82) is 0 Å². The molecule has 32 heavy (non-hydrogen) atoms. The van der Waals surface area contributed by atoms with Gasteiger partial charge in [0.2, 0.25) is 0 Å². The van der Waals surface area contributed by atoms with E-state index in [0.29, 0.717) is 12.5 Å². The zero-order valence-corrected chi connectivity index (χ0v) is 17.6. The van der Waals surface area contributed by atoms with Gasteiger partial charge in [-0.15, -0.1) is 0 Å². The Balaban J connectivity index is 1.27. The zero-order valence-electron chi connectivity index (χ0n) is 17.6. The Hall–Kier alpha value is -2.79. The average Bonchev–Trinajstić information content (AvgIpc) is 3.08. The number of rotatable bonds is 6. The number of benzene rings is 1. The smallest absolute Gasteiger partial charge is 0.330 e. The summed E-state index contributed by atoms with van der Waals surface area (Å²) in [5.41, 5.74) is -0.109. The number of hydrogen-bond acceptors (Lipinski definition) is 7. The molecule has 1 aromatic heterocycles. The maximum absolute atomic E-state index is 12.6. The van der Waals surface area contributed by atoms with Gasteiger partial charge in [-0.1, -0.05) is 30.3 Å². The fourth-order valence-corrected chi connectivity index (χ4v) is 4.27. The molecule has 3 heterocycles. The van der Waals surface area contributed by atoms with Gasteiger partial charge >= 0.3 is 5.69 Å². The minimum atomic E-state index is -1.49. The highest BCUT2D eigenvalue weighted by molar-refractivity contribution is 5.81. The topological polar surface area (TPSA) is 137 Å². The van der Waals surface area contributed by atoms with Crippen LogP contribution < -0.4 is 16.6 Å². The summed E-state index contributed by atoms with van der Waals surface area (Å²) in [5.74, 6) is -0.227. The molecule has 172 valence electrons. The number of nitrogens with zero attached hydrogens (tertiary/aromatic N) is 2. The van der Waals surface area contributed by atoms with Crippen LogP contribution >= 0.6 is 0 Å². The normalized spacial score (nSPS) is 26.8. The lowest BCUT2D eigenvalue weighted by Crippen LogP contribution is -2.45. The molecule has 0 radical (unpaired) electrons. The number of likely N-dealkylation sites (tertiary alicyclic amines) is 1. The molecule has 4 atom stereocenters. The largest absolute Gasteiger partial charge is 0.387 e. The van der Waals surface area contributed by atoms with Crippen molar-refractivity contribution in [3.05, 3.63) is 69.0 Å². The highest BCUT2D eigenvalue weighted by Gasteiger charge is 2.47. The molecule has 2 aliphatic rings. The van der Waals surface area contributed by atoms with E-state index in [1.54, 1.807) is 0 Å². The minimum absolute atomic E-state index is 0.312. The summed E-state index contributed by atoms with van der Waals surface area (Å²) >= 11 is 0. The Bertz CT molecular complexity index is 1030. The van der Waals surface area contributed by atoms with E-state index in [0.717, 1.165) is 49.3 Å². The predicted octanol–water partition coefficient (Wildman–Crippen LogP) is -0.816. The van der Waals surface area contributed by atoms with E-state index >= 15 is 0 Å². The van der Waals surface area contributed by atoms with Crippen LogP contribution in [0.3, 0.4) is 0 Å². The quantitative estimate of drug-likeness (QED) is 0.457. The van der Waals surface area contributed by atoms with E-state index in [4.69, 9.17) is 4.74 Å². The van der Waals surface area contributed by atoms with Crippen LogP contribution in [0.5, 0.6) is 0 Å². The van der Waals surface area contributed by atoms with Crippen molar-refractivity contribution in [2.24, 2.45) is 5.92 Å². The van der Waals surface area contributed by atoms with Crippen LogP contribution in [0.1, 0.15) is 24.6 Å². The first-order valence-corrected chi connectivity index (χ1v) is 10.8. The second-order valence-electron chi connectivity index (χ2n) is 8.40. The third-order valence-electron chi connectivity index (χ3n) is 6.14. The number of piperidine rings is 1. The third-order valence-corrected chi connectivity index (χ3v) is 6.14. The summed E-state index contributed by atoms with van der Waals surface area (Å²) in [4.78, 5) is 40.2. The Morgan fingerprint density at radius 3 is 2.50 bits per heavy atom. The number of amides is 1. The van der Waals surface area contributed by atoms with Gasteiger partial charge in [-0.3, -0.25) is 24.0 Å². The van der Waals surface area contributed by atoms with Gasteiger partial charge < -0.3 is 20.3 Å². The van der Waals surface area contributed by atoms with E-state index < -0.39 is 41.7 Å². The maximum atomic E-state index is 12.6. The molecule has 0 unspecified atom stereocenters. The molecule has 2 saturated heterocycles. The summed E-state index contributed by atoms with van der Waals surface area (Å²) < 4.78 is 6.45. The van der Waals surface area contributed by atoms with Gasteiger partial charge in [-0.2, -0.15) is 0 Å². The summed E-state index contributed by atoms with van der Waals surface area (Å²) in [6, 6.07) is 11.4. The minimum Gasteiger partial charge on any atom is -0.387 e. The Morgan fingerprint density at radius 1 is 1.09 bits per heavy atom. The molecule has 4 N–H and O–H groups in total. The van der Waals surface area contributed by atoms with Gasteiger partial charge in [0.05, 0.1) is 0 Å². The van der Waals surface area contributed by atoms with Crippen LogP contribution in [-0.2, 0) is 16.1 Å². The molecule has 0 aliphatic carbocycles. The van der Waals surface area contributed by atoms with Crippen molar-refractivity contribution >= 4 is 5.91 Å². The molecule has 0 saturated carbocycles. The summed E-state index contributed by atoms with van der Waals surface area (Å²) in [7, 11) is 0. The number of nitrogens with one attached hydrogen (secondary N) is 2. The molecule has 0 bridgehead atoms. The number of ether oxygens (including phenoxy) is 1. The first-order valence-electron chi connectivity index (χ1n) is 10.8. The number of aliphatic hydroxyl groups excluding tert-OH is 2. The number of aromatic amines is 1. The van der Waals surface area contributed by atoms with Crippen molar-refractivity contribution in [2.45, 2.75) is 43.9 Å². The molecule has 1 amide bonds. The van der Waals surface area contributed by atoms with E-state index in [2.05, 4.69) is 27.3 Å². The summed E-state index contributed by atoms with van der Waals surface area (Å²) in [6.45, 7) is 3.23. The molecular weight excluding hydrogens is 416 g/mol. The maximum Gasteiger partial charge on any atom is 0.330 e. The van der Waals surface area contributed by atoms with Crippen molar-refractivity contribution < 1.29 is 19.7 Å². The number of aliphatic hydroxyl groups is 2. The van der Waals surface area contributed by atoms with Gasteiger partial charge in [0.25, 0.3) is 11.5 Å². The first kappa shape index (κ1) is 22.4. The zero-order chi connectivity index (χ0) is 22.7. The van der Waals surface area contributed by atoms with Crippen LogP contribution in [0, 0.1) is 5.92 Å². The lowest BCUT2D eigenvalue weighted by Gasteiger charge is -2.32. The second-order valence-corrected chi connectivity index (χ2v) is 8.40. The van der Waals surface area contributed by atoms with Crippen molar-refractivity contribution in [3.8, 4) is 0 Å². The van der Waals surface area contributed by atoms with E-state index in [9.17, 15) is 24.6 Å². The molecule has 10 nitrogen and oxygen atoms in total. The first-order chi connectivity index (χ1) is 15.4. The number of aromatic nitrogens is 2. The molecule has 0 spiro atoms. The Labute approximate surface area is 184 Å². The SMILES string of the molecule is O=C(NCC1CCN(Cc2ccccc2)CC1)[C@H]1O[C@@H](n2ccc(=O)[nH]c2=O)[C@H](O)[C@@H]1O. The van der Waals surface area contributed by atoms with E-state index in [1.807, 2.05) is 18.2 Å². The van der Waals surface area contributed by atoms with Gasteiger partial charge in [-0.25, -0.2) is 4.79 Å². The van der Waals surface area contributed by atoms with E-state index in [-0.39, 0.29) is 0 Å². The van der Waals surface area contributed by atoms with Gasteiger partial charge in [-0.05, 0) is 37.4 Å². The highest BCUT2D eigenvalue weighted by Crippen LogP contribution is 2.28. The van der Waals surface area contributed by atoms with Gasteiger partial charge in [0.1, 0.15) is 12.2 Å². The fraction of sp³-hybridized carbons (Fsp3) is 0.500. The molecule has 10 heteroatoms. The predicted molar refractivity (Wildman–Crippen MR) is 115 cm³/mol. The van der Waals surface area contributed by atoms with Crippen molar-refractivity contribution in [3.63, 3.8) is 0 Å². The number of hydrogen-bond donors (Lipinski definition) is 4. The Morgan fingerprint density at radius 2 is 1.81 bits per heavy atom. The summed E-state index contributed by atoms with van der Waals surface area (Å²) in [5, 5.41) is 23.4. The van der Waals surface area contributed by atoms with Crippen molar-refractivity contribution in [1.82, 2.24) is 19.8 Å². The molecule has 2 aliphatic heterocycles. The van der Waals surface area contributed by atoms with Crippen LogP contribution in [0.2, 0.25) is 0 Å². The fourth-order valence-electron chi connectivity index (χ4n) is 4.27. The number of carbonyl (C=O) groups is 1. The number of carbonyl (C=O) groups excluding carboxylic acids is 1. The molecule has 4 rings (SSSR count). The lowest BCUT2D eigenvalue weighted by molar-refractivity contribution is -0.138. The molecule has 1 aromatic carbocycles. The van der Waals surface area contributed by atoms with Crippen molar-refractivity contribution in [2.75, 3.05) is 19.6 Å². The second kappa shape index (κ2) is 9.78. The monoisotopic (exact) mass is 444 g/mol. The van der Waals surface area contributed by atoms with Crippen LogP contribution in [0.25, 0.3) is 0 Å². The van der Waals surface area contributed by atoms with Gasteiger partial charge in [0, 0.05) is 25.4 Å². The Kier molecular flexibility index (Phi) is 6.85. The number of H-pyrrole nitrogens is 1. The third kappa shape index (κ3) is 4.99. The standard InChI is InChI=1S/C22H28N4O6/c27-16-8-11-26(22(31)24-16)21-18(29)17(28)19(32-21)20(30)23-12-14-6-9-25(10-7-14)13-15-4-2-1-3-5-15/h1-5,8,11,14,17-19,21,28-29H,6-7,9-10,12-13H2,(H,23,30)(H,24,27,31)/t17-,18+,19-,21+/m0/s1. The van der Waals surface area contributed by atoms with Crippen LogP contribution in [0.15, 0.2) is 52.2 Å². The molecule has 2 aromatic rings. The lowest BCUT2D eigenvalue weighted by atomic mass is 9.96. The van der Waals surface area contributed by atoms with Crippen LogP contribution in [0.4, 0.5) is 0 Å².